The fourth-order valence-electron chi connectivity index (χ4n) is 4.15. The van der Waals surface area contributed by atoms with Gasteiger partial charge in [-0.3, -0.25) is 9.59 Å². The first kappa shape index (κ1) is 28.6. The van der Waals surface area contributed by atoms with E-state index in [1.807, 2.05) is 54.6 Å². The summed E-state index contributed by atoms with van der Waals surface area (Å²) in [7, 11) is 0. The first-order valence-electron chi connectivity index (χ1n) is 13.7. The quantitative estimate of drug-likeness (QED) is 0.115. The van der Waals surface area contributed by atoms with Gasteiger partial charge in [0.25, 0.3) is 0 Å². The molecule has 0 aliphatic carbocycles. The summed E-state index contributed by atoms with van der Waals surface area (Å²) in [6, 6.07) is 17.6. The smallest absolute Gasteiger partial charge is 0.311 e. The molecule has 0 heterocycles. The van der Waals surface area contributed by atoms with Gasteiger partial charge in [-0.15, -0.1) is 0 Å². The largest absolute Gasteiger partial charge is 0.466 e. The number of ether oxygens (including phenoxy) is 2. The Kier molecular flexibility index (Phi) is 15.3. The number of esters is 2. The molecule has 35 heavy (non-hydrogen) atoms. The van der Waals surface area contributed by atoms with Crippen LogP contribution in [0.25, 0.3) is 11.1 Å². The Morgan fingerprint density at radius 2 is 1.14 bits per heavy atom. The van der Waals surface area contributed by atoms with Crippen molar-refractivity contribution in [3.8, 4) is 16.9 Å². The van der Waals surface area contributed by atoms with Crippen molar-refractivity contribution >= 4 is 11.9 Å². The minimum absolute atomic E-state index is 0.0606. The average molecular weight is 481 g/mol. The molecule has 0 saturated heterocycles. The van der Waals surface area contributed by atoms with E-state index in [1.54, 1.807) is 0 Å². The molecule has 0 unspecified atom stereocenters. The summed E-state index contributed by atoms with van der Waals surface area (Å²) >= 11 is 0. The number of rotatable bonds is 19. The Morgan fingerprint density at radius 1 is 0.600 bits per heavy atom. The van der Waals surface area contributed by atoms with E-state index in [4.69, 9.17) is 9.47 Å². The molecule has 0 aliphatic heterocycles. The Balaban J connectivity index is 1.46. The lowest BCUT2D eigenvalue weighted by atomic mass is 10.0. The van der Waals surface area contributed by atoms with Crippen LogP contribution in [0.3, 0.4) is 0 Å². The predicted molar refractivity (Wildman–Crippen MR) is 143 cm³/mol. The molecule has 0 N–H and O–H groups in total. The van der Waals surface area contributed by atoms with Gasteiger partial charge in [0.2, 0.25) is 0 Å². The zero-order valence-electron chi connectivity index (χ0n) is 21.6. The summed E-state index contributed by atoms with van der Waals surface area (Å²) in [6.07, 6.45) is 15.4. The molecule has 2 aromatic carbocycles. The number of carbonyl (C=O) groups excluding carboxylic acids is 2. The molecule has 0 fully saturated rings. The van der Waals surface area contributed by atoms with Gasteiger partial charge in [-0.1, -0.05) is 120 Å². The molecular weight excluding hydrogens is 436 g/mol. The van der Waals surface area contributed by atoms with Gasteiger partial charge >= 0.3 is 11.9 Å². The second-order valence-electron chi connectivity index (χ2n) is 9.30. The minimum atomic E-state index is -0.183. The summed E-state index contributed by atoms with van der Waals surface area (Å²) in [4.78, 5) is 24.1. The van der Waals surface area contributed by atoms with Crippen LogP contribution < -0.4 is 4.74 Å². The summed E-state index contributed by atoms with van der Waals surface area (Å²) in [5, 5.41) is 0. The first-order valence-corrected chi connectivity index (χ1v) is 13.7. The summed E-state index contributed by atoms with van der Waals surface area (Å²) in [6.45, 7) is 2.80. The molecule has 0 spiro atoms. The molecule has 0 radical (unpaired) electrons. The number of unbranched alkanes of at least 4 members (excludes halogenated alkanes) is 11. The van der Waals surface area contributed by atoms with Gasteiger partial charge in [0.1, 0.15) is 5.75 Å². The van der Waals surface area contributed by atoms with Crippen LogP contribution in [0.2, 0.25) is 0 Å². The van der Waals surface area contributed by atoms with Crippen molar-refractivity contribution in [2.75, 3.05) is 6.61 Å². The van der Waals surface area contributed by atoms with Crippen LogP contribution in [-0.4, -0.2) is 18.5 Å². The lowest BCUT2D eigenvalue weighted by Gasteiger charge is -2.10. The Labute approximate surface area is 212 Å². The van der Waals surface area contributed by atoms with E-state index >= 15 is 0 Å². The minimum Gasteiger partial charge on any atom is -0.466 e. The fourth-order valence-corrected chi connectivity index (χ4v) is 4.15. The predicted octanol–water partition coefficient (Wildman–Crippen LogP) is 8.67. The summed E-state index contributed by atoms with van der Waals surface area (Å²) in [5.74, 6) is 0.370. The highest BCUT2D eigenvalue weighted by atomic mass is 16.5. The van der Waals surface area contributed by atoms with E-state index in [2.05, 4.69) is 6.92 Å². The van der Waals surface area contributed by atoms with Gasteiger partial charge in [0.05, 0.1) is 6.61 Å². The molecule has 4 heteroatoms. The van der Waals surface area contributed by atoms with Gasteiger partial charge in [0, 0.05) is 18.4 Å². The molecule has 0 atom stereocenters. The maximum atomic E-state index is 12.3. The van der Waals surface area contributed by atoms with Gasteiger partial charge in [-0.2, -0.15) is 0 Å². The number of hydrogen-bond acceptors (Lipinski definition) is 4. The van der Waals surface area contributed by atoms with Crippen LogP contribution in [0, 0.1) is 0 Å². The lowest BCUT2D eigenvalue weighted by molar-refractivity contribution is -0.144. The number of para-hydroxylation sites is 1. The molecule has 4 nitrogen and oxygen atoms in total. The van der Waals surface area contributed by atoms with E-state index in [0.717, 1.165) is 62.5 Å². The molecule has 0 bridgehead atoms. The molecule has 192 valence electrons. The number of benzene rings is 2. The molecule has 0 aliphatic rings. The van der Waals surface area contributed by atoms with Gasteiger partial charge in [-0.05, 0) is 30.9 Å². The lowest BCUT2D eigenvalue weighted by Crippen LogP contribution is -2.08. The highest BCUT2D eigenvalue weighted by Gasteiger charge is 2.10. The topological polar surface area (TPSA) is 52.6 Å². The van der Waals surface area contributed by atoms with E-state index < -0.39 is 0 Å². The van der Waals surface area contributed by atoms with Crippen LogP contribution in [0.5, 0.6) is 5.75 Å². The number of carbonyl (C=O) groups is 2. The van der Waals surface area contributed by atoms with Crippen molar-refractivity contribution in [3.63, 3.8) is 0 Å². The van der Waals surface area contributed by atoms with Crippen LogP contribution >= 0.6 is 0 Å². The van der Waals surface area contributed by atoms with E-state index in [0.29, 0.717) is 25.2 Å². The Morgan fingerprint density at radius 3 is 1.83 bits per heavy atom. The highest BCUT2D eigenvalue weighted by Crippen LogP contribution is 2.29. The summed E-state index contributed by atoms with van der Waals surface area (Å²) < 4.78 is 11.0. The second kappa shape index (κ2) is 18.7. The SMILES string of the molecule is CCCCCCCCCOC(=O)CCCCCCCCC(=O)Oc1ccccc1-c1ccccc1. The molecule has 2 rings (SSSR count). The molecule has 0 amide bonds. The third-order valence-electron chi connectivity index (χ3n) is 6.22. The van der Waals surface area contributed by atoms with Gasteiger partial charge in [-0.25, -0.2) is 0 Å². The standard InChI is InChI=1S/C31H44O4/c1-2-3-4-5-8-11-19-26-34-30(32)24-15-9-6-7-10-16-25-31(33)35-29-23-18-17-22-28(29)27-20-13-12-14-21-27/h12-14,17-18,20-23H,2-11,15-16,19,24-26H2,1H3. The maximum Gasteiger partial charge on any atom is 0.311 e. The third kappa shape index (κ3) is 13.2. The van der Waals surface area contributed by atoms with Crippen molar-refractivity contribution in [3.05, 3.63) is 54.6 Å². The highest BCUT2D eigenvalue weighted by molar-refractivity contribution is 5.78. The fraction of sp³-hybridized carbons (Fsp3) is 0.548. The van der Waals surface area contributed by atoms with Crippen molar-refractivity contribution < 1.29 is 19.1 Å². The zero-order chi connectivity index (χ0) is 25.0. The second-order valence-corrected chi connectivity index (χ2v) is 9.30. The third-order valence-corrected chi connectivity index (χ3v) is 6.22. The monoisotopic (exact) mass is 480 g/mol. The Hall–Kier alpha value is -2.62. The number of hydrogen-bond donors (Lipinski definition) is 0. The van der Waals surface area contributed by atoms with Crippen LogP contribution in [0.4, 0.5) is 0 Å². The Bertz CT molecular complexity index is 831. The normalized spacial score (nSPS) is 10.8. The molecular formula is C31H44O4. The van der Waals surface area contributed by atoms with E-state index in [1.165, 1.54) is 32.1 Å². The first-order chi connectivity index (χ1) is 17.2. The van der Waals surface area contributed by atoms with Crippen LogP contribution in [0.1, 0.15) is 103 Å². The maximum absolute atomic E-state index is 12.3. The van der Waals surface area contributed by atoms with Crippen molar-refractivity contribution in [1.29, 1.82) is 0 Å². The van der Waals surface area contributed by atoms with Crippen molar-refractivity contribution in [2.45, 2.75) is 103 Å². The van der Waals surface area contributed by atoms with Gasteiger partial charge < -0.3 is 9.47 Å². The van der Waals surface area contributed by atoms with Crippen LogP contribution in [-0.2, 0) is 14.3 Å². The van der Waals surface area contributed by atoms with Crippen LogP contribution in [0.15, 0.2) is 54.6 Å². The van der Waals surface area contributed by atoms with Crippen molar-refractivity contribution in [2.24, 2.45) is 0 Å². The molecule has 0 saturated carbocycles. The van der Waals surface area contributed by atoms with E-state index in [-0.39, 0.29) is 11.9 Å². The van der Waals surface area contributed by atoms with E-state index in [9.17, 15) is 9.59 Å². The molecule has 2 aromatic rings. The van der Waals surface area contributed by atoms with Gasteiger partial charge in [0.15, 0.2) is 0 Å². The zero-order valence-corrected chi connectivity index (χ0v) is 21.6. The average Bonchev–Trinajstić information content (AvgIpc) is 2.88. The molecule has 0 aromatic heterocycles. The van der Waals surface area contributed by atoms with Crippen molar-refractivity contribution in [1.82, 2.24) is 0 Å². The summed E-state index contributed by atoms with van der Waals surface area (Å²) in [5.41, 5.74) is 1.97.